The lowest BCUT2D eigenvalue weighted by molar-refractivity contribution is -0.145. The van der Waals surface area contributed by atoms with Crippen LogP contribution in [0.3, 0.4) is 0 Å². The molecule has 21 heavy (non-hydrogen) atoms. The maximum atomic E-state index is 13.8. The van der Waals surface area contributed by atoms with E-state index >= 15 is 0 Å². The Hall–Kier alpha value is -1.98. The lowest BCUT2D eigenvalue weighted by atomic mass is 10.0. The Morgan fingerprint density at radius 1 is 1.29 bits per heavy atom. The zero-order chi connectivity index (χ0) is 15.4. The van der Waals surface area contributed by atoms with Crippen molar-refractivity contribution in [3.63, 3.8) is 0 Å². The zero-order valence-electron chi connectivity index (χ0n) is 11.7. The predicted octanol–water partition coefficient (Wildman–Crippen LogP) is 2.49. The van der Waals surface area contributed by atoms with Gasteiger partial charge in [-0.05, 0) is 31.0 Å². The minimum Gasteiger partial charge on any atom is -0.467 e. The molecule has 2 rings (SSSR count). The van der Waals surface area contributed by atoms with Gasteiger partial charge in [-0.1, -0.05) is 12.8 Å². The van der Waals surface area contributed by atoms with Gasteiger partial charge in [0.25, 0.3) is 0 Å². The van der Waals surface area contributed by atoms with Gasteiger partial charge in [0.15, 0.2) is 6.04 Å². The number of halogens is 2. The molecule has 1 aromatic carbocycles. The van der Waals surface area contributed by atoms with Crippen LogP contribution in [0.25, 0.3) is 0 Å². The molecule has 1 aromatic rings. The summed E-state index contributed by atoms with van der Waals surface area (Å²) in [6, 6.07) is 1.43. The van der Waals surface area contributed by atoms with Crippen molar-refractivity contribution in [2.75, 3.05) is 7.11 Å². The topological polar surface area (TPSA) is 55.4 Å². The summed E-state index contributed by atoms with van der Waals surface area (Å²) in [4.78, 5) is 23.9. The minimum absolute atomic E-state index is 0.186. The maximum Gasteiger partial charge on any atom is 0.333 e. The molecular formula is C15H17F2NO3. The molecule has 0 saturated heterocycles. The average Bonchev–Trinajstić information content (AvgIpc) is 3.01. The number of esters is 1. The highest BCUT2D eigenvalue weighted by Crippen LogP contribution is 2.27. The molecule has 1 fully saturated rings. The second-order valence-electron chi connectivity index (χ2n) is 5.11. The summed E-state index contributed by atoms with van der Waals surface area (Å²) in [5.74, 6) is -2.79. The number of carbonyl (C=O) groups is 2. The van der Waals surface area contributed by atoms with Gasteiger partial charge in [0.1, 0.15) is 11.6 Å². The van der Waals surface area contributed by atoms with E-state index in [2.05, 4.69) is 10.1 Å². The smallest absolute Gasteiger partial charge is 0.333 e. The Morgan fingerprint density at radius 3 is 2.57 bits per heavy atom. The van der Waals surface area contributed by atoms with E-state index in [0.717, 1.165) is 51.0 Å². The summed E-state index contributed by atoms with van der Waals surface area (Å²) >= 11 is 0. The first kappa shape index (κ1) is 15.4. The second-order valence-corrected chi connectivity index (χ2v) is 5.11. The van der Waals surface area contributed by atoms with E-state index in [4.69, 9.17) is 0 Å². The molecule has 1 atom stereocenters. The fourth-order valence-electron chi connectivity index (χ4n) is 2.57. The van der Waals surface area contributed by atoms with Gasteiger partial charge in [0, 0.05) is 11.5 Å². The zero-order valence-corrected chi connectivity index (χ0v) is 11.7. The van der Waals surface area contributed by atoms with Gasteiger partial charge in [-0.2, -0.15) is 0 Å². The Labute approximate surface area is 121 Å². The Morgan fingerprint density at radius 2 is 1.95 bits per heavy atom. The van der Waals surface area contributed by atoms with Gasteiger partial charge in [0.2, 0.25) is 5.91 Å². The molecule has 0 aromatic heterocycles. The summed E-state index contributed by atoms with van der Waals surface area (Å²) in [7, 11) is 1.13. The van der Waals surface area contributed by atoms with Crippen LogP contribution in [0.1, 0.15) is 37.3 Å². The van der Waals surface area contributed by atoms with Crippen LogP contribution >= 0.6 is 0 Å². The molecule has 4 nitrogen and oxygen atoms in total. The van der Waals surface area contributed by atoms with Crippen LogP contribution in [-0.4, -0.2) is 19.0 Å². The molecule has 114 valence electrons. The summed E-state index contributed by atoms with van der Waals surface area (Å²) < 4.78 is 31.7. The number of ether oxygens (including phenoxy) is 1. The molecule has 0 heterocycles. The van der Waals surface area contributed by atoms with E-state index < -0.39 is 23.6 Å². The number of methoxy groups -OCH3 is 1. The molecule has 1 aliphatic rings. The van der Waals surface area contributed by atoms with Gasteiger partial charge >= 0.3 is 5.97 Å². The van der Waals surface area contributed by atoms with E-state index in [1.807, 2.05) is 0 Å². The number of rotatable bonds is 4. The molecule has 0 spiro atoms. The Bertz CT molecular complexity index is 542. The van der Waals surface area contributed by atoms with Crippen molar-refractivity contribution >= 4 is 11.9 Å². The van der Waals surface area contributed by atoms with Crippen LogP contribution in [0.4, 0.5) is 8.78 Å². The number of hydrogen-bond donors (Lipinski definition) is 1. The van der Waals surface area contributed by atoms with E-state index in [9.17, 15) is 18.4 Å². The normalized spacial score (nSPS) is 16.5. The molecular weight excluding hydrogens is 280 g/mol. The lowest BCUT2D eigenvalue weighted by Crippen LogP contribution is -2.38. The summed E-state index contributed by atoms with van der Waals surface area (Å²) in [5, 5.41) is 2.47. The van der Waals surface area contributed by atoms with Crippen molar-refractivity contribution in [2.45, 2.75) is 31.7 Å². The van der Waals surface area contributed by atoms with Crippen LogP contribution in [0.15, 0.2) is 18.2 Å². The van der Waals surface area contributed by atoms with Gasteiger partial charge in [-0.25, -0.2) is 13.6 Å². The van der Waals surface area contributed by atoms with Crippen molar-refractivity contribution < 1.29 is 23.1 Å². The largest absolute Gasteiger partial charge is 0.467 e. The van der Waals surface area contributed by atoms with Crippen molar-refractivity contribution in [2.24, 2.45) is 5.92 Å². The molecule has 1 saturated carbocycles. The number of benzene rings is 1. The van der Waals surface area contributed by atoms with E-state index in [-0.39, 0.29) is 17.4 Å². The first-order valence-corrected chi connectivity index (χ1v) is 6.86. The second kappa shape index (κ2) is 6.65. The molecule has 6 heteroatoms. The number of nitrogens with one attached hydrogen (secondary N) is 1. The van der Waals surface area contributed by atoms with Gasteiger partial charge in [-0.15, -0.1) is 0 Å². The van der Waals surface area contributed by atoms with E-state index in [0.29, 0.717) is 0 Å². The molecule has 0 radical (unpaired) electrons. The SMILES string of the molecule is COC(=O)C(NC(=O)C1CCCC1)c1cc(F)ccc1F. The summed E-state index contributed by atoms with van der Waals surface area (Å²) in [6.07, 6.45) is 3.39. The molecule has 0 bridgehead atoms. The highest BCUT2D eigenvalue weighted by Gasteiger charge is 2.30. The lowest BCUT2D eigenvalue weighted by Gasteiger charge is -2.19. The van der Waals surface area contributed by atoms with Gasteiger partial charge in [0.05, 0.1) is 7.11 Å². The summed E-state index contributed by atoms with van der Waals surface area (Å²) in [6.45, 7) is 0. The van der Waals surface area contributed by atoms with Crippen LogP contribution in [-0.2, 0) is 14.3 Å². The fraction of sp³-hybridized carbons (Fsp3) is 0.467. The molecule has 1 amide bonds. The van der Waals surface area contributed by atoms with Crippen molar-refractivity contribution in [1.29, 1.82) is 0 Å². The van der Waals surface area contributed by atoms with Crippen molar-refractivity contribution in [1.82, 2.24) is 5.32 Å². The quantitative estimate of drug-likeness (QED) is 0.869. The molecule has 1 unspecified atom stereocenters. The highest BCUT2D eigenvalue weighted by atomic mass is 19.1. The van der Waals surface area contributed by atoms with E-state index in [1.54, 1.807) is 0 Å². The monoisotopic (exact) mass is 297 g/mol. The third kappa shape index (κ3) is 3.56. The highest BCUT2D eigenvalue weighted by molar-refractivity contribution is 5.86. The molecule has 1 N–H and O–H groups in total. The first-order valence-electron chi connectivity index (χ1n) is 6.86. The number of amides is 1. The van der Waals surface area contributed by atoms with Crippen LogP contribution in [0.2, 0.25) is 0 Å². The molecule has 0 aliphatic heterocycles. The molecule has 1 aliphatic carbocycles. The fourth-order valence-corrected chi connectivity index (χ4v) is 2.57. The Balaban J connectivity index is 2.23. The van der Waals surface area contributed by atoms with E-state index in [1.165, 1.54) is 0 Å². The van der Waals surface area contributed by atoms with Crippen LogP contribution in [0, 0.1) is 17.6 Å². The van der Waals surface area contributed by atoms with Crippen LogP contribution in [0.5, 0.6) is 0 Å². The number of hydrogen-bond acceptors (Lipinski definition) is 3. The standard InChI is InChI=1S/C15H17F2NO3/c1-21-15(20)13(11-8-10(16)6-7-12(11)17)18-14(19)9-4-2-3-5-9/h6-9,13H,2-5H2,1H3,(H,18,19). The van der Waals surface area contributed by atoms with Gasteiger partial charge < -0.3 is 10.1 Å². The van der Waals surface area contributed by atoms with Crippen molar-refractivity contribution in [3.8, 4) is 0 Å². The third-order valence-corrected chi connectivity index (χ3v) is 3.72. The summed E-state index contributed by atoms with van der Waals surface area (Å²) in [5.41, 5.74) is -0.229. The van der Waals surface area contributed by atoms with Crippen LogP contribution < -0.4 is 5.32 Å². The third-order valence-electron chi connectivity index (χ3n) is 3.72. The number of carbonyl (C=O) groups excluding carboxylic acids is 2. The predicted molar refractivity (Wildman–Crippen MR) is 71.2 cm³/mol. The van der Waals surface area contributed by atoms with Gasteiger partial charge in [-0.3, -0.25) is 4.79 Å². The Kier molecular flexibility index (Phi) is 4.88. The first-order chi connectivity index (χ1) is 10.0. The van der Waals surface area contributed by atoms with Crippen molar-refractivity contribution in [3.05, 3.63) is 35.4 Å². The minimum atomic E-state index is -1.33. The maximum absolute atomic E-state index is 13.8. The average molecular weight is 297 g/mol.